The summed E-state index contributed by atoms with van der Waals surface area (Å²) in [6, 6.07) is 9.87. The van der Waals surface area contributed by atoms with Crippen molar-refractivity contribution in [3.8, 4) is 5.75 Å². The summed E-state index contributed by atoms with van der Waals surface area (Å²) in [6.45, 7) is 0.208. The van der Waals surface area contributed by atoms with Gasteiger partial charge in [0.15, 0.2) is 16.7 Å². The Hall–Kier alpha value is -2.21. The van der Waals surface area contributed by atoms with E-state index in [-0.39, 0.29) is 17.5 Å². The summed E-state index contributed by atoms with van der Waals surface area (Å²) in [5.41, 5.74) is 6.52. The summed E-state index contributed by atoms with van der Waals surface area (Å²) in [7, 11) is 0. The van der Waals surface area contributed by atoms with Crippen LogP contribution < -0.4 is 15.8 Å². The van der Waals surface area contributed by atoms with Crippen molar-refractivity contribution in [2.75, 3.05) is 5.32 Å². The molecule has 0 fully saturated rings. The Morgan fingerprint density at radius 1 is 1.37 bits per heavy atom. The predicted octanol–water partition coefficient (Wildman–Crippen LogP) is 2.46. The maximum Gasteiger partial charge on any atom is 0.168 e. The number of anilines is 1. The highest BCUT2D eigenvalue weighted by Crippen LogP contribution is 2.21. The lowest BCUT2D eigenvalue weighted by molar-refractivity contribution is 0.286. The van der Waals surface area contributed by atoms with Crippen molar-refractivity contribution < 1.29 is 9.13 Å². The molecule has 0 bridgehead atoms. The van der Waals surface area contributed by atoms with E-state index in [1.165, 1.54) is 12.1 Å². The number of thiocarbonyl (C=S) groups is 1. The summed E-state index contributed by atoms with van der Waals surface area (Å²) >= 11 is 4.67. The second-order valence-electron chi connectivity index (χ2n) is 3.74. The highest BCUT2D eigenvalue weighted by molar-refractivity contribution is 7.80. The van der Waals surface area contributed by atoms with Gasteiger partial charge in [-0.3, -0.25) is 4.98 Å². The lowest BCUT2D eigenvalue weighted by Gasteiger charge is -2.09. The van der Waals surface area contributed by atoms with Crippen molar-refractivity contribution in [1.82, 2.24) is 4.98 Å². The van der Waals surface area contributed by atoms with Crippen LogP contribution in [0.2, 0.25) is 0 Å². The zero-order valence-electron chi connectivity index (χ0n) is 9.97. The number of ether oxygens (including phenoxy) is 1. The highest BCUT2D eigenvalue weighted by Gasteiger charge is 2.05. The molecule has 0 amide bonds. The average molecular weight is 277 g/mol. The normalized spacial score (nSPS) is 9.95. The first-order valence-corrected chi connectivity index (χ1v) is 5.94. The number of rotatable bonds is 4. The number of hydrogen-bond donors (Lipinski definition) is 2. The van der Waals surface area contributed by atoms with Crippen LogP contribution in [0.25, 0.3) is 0 Å². The van der Waals surface area contributed by atoms with Crippen LogP contribution in [0.4, 0.5) is 10.1 Å². The molecular weight excluding hydrogens is 265 g/mol. The summed E-state index contributed by atoms with van der Waals surface area (Å²) in [5.74, 6) is -0.337. The predicted molar refractivity (Wildman–Crippen MR) is 75.4 cm³/mol. The third kappa shape index (κ3) is 3.89. The molecule has 1 aromatic heterocycles. The minimum absolute atomic E-state index is 0.0848. The Morgan fingerprint density at radius 3 is 2.84 bits per heavy atom. The molecule has 0 aliphatic carbocycles. The standard InChI is InChI=1S/C13H12FN3OS/c14-11-7-9(17-13(15)19)4-5-12(11)18-8-10-3-1-2-6-16-10/h1-7H,8H2,(H3,15,17,19). The van der Waals surface area contributed by atoms with Crippen LogP contribution in [0.5, 0.6) is 5.75 Å². The van der Waals surface area contributed by atoms with E-state index in [4.69, 9.17) is 10.5 Å². The quantitative estimate of drug-likeness (QED) is 0.841. The Morgan fingerprint density at radius 2 is 2.21 bits per heavy atom. The molecule has 0 saturated heterocycles. The summed E-state index contributed by atoms with van der Waals surface area (Å²) in [6.07, 6.45) is 1.66. The smallest absolute Gasteiger partial charge is 0.168 e. The van der Waals surface area contributed by atoms with E-state index < -0.39 is 5.82 Å². The first-order valence-electron chi connectivity index (χ1n) is 5.54. The van der Waals surface area contributed by atoms with E-state index >= 15 is 0 Å². The Kier molecular flexibility index (Phi) is 4.25. The fourth-order valence-electron chi connectivity index (χ4n) is 1.47. The van der Waals surface area contributed by atoms with Crippen molar-refractivity contribution in [2.24, 2.45) is 5.73 Å². The van der Waals surface area contributed by atoms with E-state index in [1.807, 2.05) is 6.07 Å². The van der Waals surface area contributed by atoms with Gasteiger partial charge in [-0.15, -0.1) is 0 Å². The number of halogens is 1. The van der Waals surface area contributed by atoms with Gasteiger partial charge in [0.1, 0.15) is 6.61 Å². The SMILES string of the molecule is NC(=S)Nc1ccc(OCc2ccccn2)c(F)c1. The van der Waals surface area contributed by atoms with E-state index in [2.05, 4.69) is 22.5 Å². The Bertz CT molecular complexity index is 577. The molecule has 0 saturated carbocycles. The summed E-state index contributed by atoms with van der Waals surface area (Å²) in [4.78, 5) is 4.09. The molecule has 98 valence electrons. The average Bonchev–Trinajstić information content (AvgIpc) is 2.38. The van der Waals surface area contributed by atoms with E-state index in [0.29, 0.717) is 5.69 Å². The lowest BCUT2D eigenvalue weighted by atomic mass is 10.3. The van der Waals surface area contributed by atoms with Crippen LogP contribution in [0.1, 0.15) is 5.69 Å². The molecule has 0 radical (unpaired) electrons. The first-order chi connectivity index (χ1) is 9.15. The monoisotopic (exact) mass is 277 g/mol. The van der Waals surface area contributed by atoms with Gasteiger partial charge in [-0.25, -0.2) is 4.39 Å². The molecule has 4 nitrogen and oxygen atoms in total. The van der Waals surface area contributed by atoms with Crippen molar-refractivity contribution in [1.29, 1.82) is 0 Å². The molecule has 0 aliphatic heterocycles. The first kappa shape index (κ1) is 13.2. The zero-order chi connectivity index (χ0) is 13.7. The van der Waals surface area contributed by atoms with Gasteiger partial charge in [0.05, 0.1) is 5.69 Å². The van der Waals surface area contributed by atoms with E-state index in [0.717, 1.165) is 5.69 Å². The topological polar surface area (TPSA) is 60.2 Å². The minimum atomic E-state index is -0.489. The number of nitrogens with one attached hydrogen (secondary N) is 1. The van der Waals surface area contributed by atoms with Gasteiger partial charge in [-0.2, -0.15) is 0 Å². The van der Waals surface area contributed by atoms with Crippen molar-refractivity contribution in [3.05, 3.63) is 54.1 Å². The number of benzene rings is 1. The van der Waals surface area contributed by atoms with Crippen molar-refractivity contribution in [2.45, 2.75) is 6.61 Å². The maximum atomic E-state index is 13.7. The van der Waals surface area contributed by atoms with Gasteiger partial charge in [0.25, 0.3) is 0 Å². The zero-order valence-corrected chi connectivity index (χ0v) is 10.8. The third-order valence-corrected chi connectivity index (χ3v) is 2.40. The van der Waals surface area contributed by atoms with Crippen LogP contribution in [-0.4, -0.2) is 10.1 Å². The Labute approximate surface area is 115 Å². The van der Waals surface area contributed by atoms with Crippen LogP contribution in [0.15, 0.2) is 42.6 Å². The second-order valence-corrected chi connectivity index (χ2v) is 4.18. The van der Waals surface area contributed by atoms with Crippen molar-refractivity contribution >= 4 is 23.0 Å². The molecule has 0 atom stereocenters. The van der Waals surface area contributed by atoms with Gasteiger partial charge in [-0.1, -0.05) is 6.07 Å². The maximum absolute atomic E-state index is 13.7. The Balaban J connectivity index is 2.03. The van der Waals surface area contributed by atoms with Gasteiger partial charge in [-0.05, 0) is 36.5 Å². The fraction of sp³-hybridized carbons (Fsp3) is 0.0769. The molecular formula is C13H12FN3OS. The number of nitrogens with zero attached hydrogens (tertiary/aromatic N) is 1. The molecule has 19 heavy (non-hydrogen) atoms. The largest absolute Gasteiger partial charge is 0.484 e. The van der Waals surface area contributed by atoms with Crippen LogP contribution >= 0.6 is 12.2 Å². The third-order valence-electron chi connectivity index (χ3n) is 2.30. The fourth-order valence-corrected chi connectivity index (χ4v) is 1.59. The van der Waals surface area contributed by atoms with Crippen LogP contribution in [0.3, 0.4) is 0 Å². The van der Waals surface area contributed by atoms with Crippen molar-refractivity contribution in [3.63, 3.8) is 0 Å². The van der Waals surface area contributed by atoms with Crippen LogP contribution in [-0.2, 0) is 6.61 Å². The van der Waals surface area contributed by atoms with Gasteiger partial charge in [0.2, 0.25) is 0 Å². The molecule has 3 N–H and O–H groups in total. The molecule has 0 unspecified atom stereocenters. The molecule has 2 rings (SSSR count). The highest BCUT2D eigenvalue weighted by atomic mass is 32.1. The van der Waals surface area contributed by atoms with Gasteiger partial charge >= 0.3 is 0 Å². The van der Waals surface area contributed by atoms with E-state index in [1.54, 1.807) is 24.4 Å². The molecule has 6 heteroatoms. The van der Waals surface area contributed by atoms with E-state index in [9.17, 15) is 4.39 Å². The lowest BCUT2D eigenvalue weighted by Crippen LogP contribution is -2.18. The summed E-state index contributed by atoms with van der Waals surface area (Å²) in [5, 5.41) is 2.73. The summed E-state index contributed by atoms with van der Waals surface area (Å²) < 4.78 is 19.1. The number of pyridine rings is 1. The molecule has 1 heterocycles. The number of nitrogens with two attached hydrogens (primary N) is 1. The molecule has 1 aromatic carbocycles. The molecule has 0 aliphatic rings. The molecule has 2 aromatic rings. The second kappa shape index (κ2) is 6.10. The minimum Gasteiger partial charge on any atom is -0.484 e. The number of aromatic nitrogens is 1. The van der Waals surface area contributed by atoms with Crippen LogP contribution in [0, 0.1) is 5.82 Å². The molecule has 0 spiro atoms. The van der Waals surface area contributed by atoms with Gasteiger partial charge in [0, 0.05) is 18.0 Å². The number of hydrogen-bond acceptors (Lipinski definition) is 3. The van der Waals surface area contributed by atoms with Gasteiger partial charge < -0.3 is 15.8 Å².